The molecule has 0 unspecified atom stereocenters. The number of rotatable bonds is 10. The van der Waals surface area contributed by atoms with Gasteiger partial charge in [-0.15, -0.1) is 0 Å². The Balaban J connectivity index is 2.12. The zero-order valence-electron chi connectivity index (χ0n) is 17.0. The Labute approximate surface area is 165 Å². The molecule has 0 fully saturated rings. The summed E-state index contributed by atoms with van der Waals surface area (Å²) in [5.74, 6) is 0.387. The second-order valence-corrected chi connectivity index (χ2v) is 6.54. The third-order valence-corrected chi connectivity index (χ3v) is 4.77. The van der Waals surface area contributed by atoms with Gasteiger partial charge in [-0.2, -0.15) is 0 Å². The fourth-order valence-corrected chi connectivity index (χ4v) is 3.04. The Bertz CT molecular complexity index is 762. The number of furan rings is 1. The van der Waals surface area contributed by atoms with Gasteiger partial charge in [0.15, 0.2) is 5.76 Å². The van der Waals surface area contributed by atoms with Crippen LogP contribution in [0.5, 0.6) is 0 Å². The molecule has 152 valence electrons. The quantitative estimate of drug-likeness (QED) is 0.456. The van der Waals surface area contributed by atoms with Crippen LogP contribution in [0.3, 0.4) is 0 Å². The van der Waals surface area contributed by atoms with Crippen LogP contribution in [-0.4, -0.2) is 52.3 Å². The molecule has 2 aromatic rings. The van der Waals surface area contributed by atoms with Crippen molar-refractivity contribution in [2.24, 2.45) is 0 Å². The fraction of sp³-hybridized carbons (Fsp3) is 0.429. The molecule has 0 radical (unpaired) electrons. The molecule has 0 aliphatic rings. The van der Waals surface area contributed by atoms with Gasteiger partial charge in [0.1, 0.15) is 25.4 Å². The molecule has 1 heterocycles. The summed E-state index contributed by atoms with van der Waals surface area (Å²) in [4.78, 5) is 25.4. The van der Waals surface area contributed by atoms with E-state index < -0.39 is 11.9 Å². The molecule has 1 aromatic carbocycles. The summed E-state index contributed by atoms with van der Waals surface area (Å²) in [5, 5.41) is 2.22. The van der Waals surface area contributed by atoms with E-state index in [2.05, 4.69) is 19.2 Å². The monoisotopic (exact) mass is 390 g/mol. The van der Waals surface area contributed by atoms with E-state index >= 15 is 0 Å². The van der Waals surface area contributed by atoms with Crippen molar-refractivity contribution in [1.82, 2.24) is 0 Å². The van der Waals surface area contributed by atoms with Crippen LogP contribution in [0.15, 0.2) is 34.7 Å². The smallest absolute Gasteiger partial charge is 0.337 e. The first kappa shape index (κ1) is 21.7. The van der Waals surface area contributed by atoms with Crippen LogP contribution in [0.2, 0.25) is 0 Å². The molecule has 7 heteroatoms. The number of nitrogens with one attached hydrogen (secondary N) is 1. The van der Waals surface area contributed by atoms with Crippen LogP contribution in [-0.2, 0) is 16.0 Å². The molecule has 0 bridgehead atoms. The molecule has 1 aromatic heterocycles. The van der Waals surface area contributed by atoms with Gasteiger partial charge in [0.2, 0.25) is 0 Å². The maximum Gasteiger partial charge on any atom is 0.337 e. The first-order valence-corrected chi connectivity index (χ1v) is 9.58. The van der Waals surface area contributed by atoms with Crippen molar-refractivity contribution in [3.05, 3.63) is 47.2 Å². The van der Waals surface area contributed by atoms with E-state index in [4.69, 9.17) is 13.9 Å². The Morgan fingerprint density at radius 1 is 1.00 bits per heavy atom. The van der Waals surface area contributed by atoms with Crippen molar-refractivity contribution in [3.8, 4) is 11.3 Å². The van der Waals surface area contributed by atoms with Gasteiger partial charge in [-0.1, -0.05) is 0 Å². The van der Waals surface area contributed by atoms with Crippen molar-refractivity contribution in [2.45, 2.75) is 20.4 Å². The normalized spacial score (nSPS) is 10.9. The summed E-state index contributed by atoms with van der Waals surface area (Å²) >= 11 is 0. The van der Waals surface area contributed by atoms with Crippen molar-refractivity contribution >= 4 is 11.9 Å². The lowest BCUT2D eigenvalue weighted by Crippen LogP contribution is -3.14. The maximum absolute atomic E-state index is 11.9. The number of hydrogen-bond acceptors (Lipinski definition) is 5. The van der Waals surface area contributed by atoms with Gasteiger partial charge < -0.3 is 24.1 Å². The average molecular weight is 390 g/mol. The number of carbonyl (C=O) groups is 2. The molecule has 0 atom stereocenters. The number of benzene rings is 1. The Morgan fingerprint density at radius 3 is 2.14 bits per heavy atom. The molecule has 28 heavy (non-hydrogen) atoms. The van der Waals surface area contributed by atoms with Crippen molar-refractivity contribution in [3.63, 3.8) is 0 Å². The highest BCUT2D eigenvalue weighted by Gasteiger charge is 2.16. The van der Waals surface area contributed by atoms with Gasteiger partial charge in [-0.3, -0.25) is 0 Å². The van der Waals surface area contributed by atoms with Gasteiger partial charge in [0.05, 0.1) is 38.4 Å². The lowest BCUT2D eigenvalue weighted by molar-refractivity contribution is -0.910. The van der Waals surface area contributed by atoms with Crippen LogP contribution in [0.1, 0.15) is 40.3 Å². The number of esters is 2. The third-order valence-electron chi connectivity index (χ3n) is 4.77. The molecule has 0 aliphatic carbocycles. The van der Waals surface area contributed by atoms with E-state index in [9.17, 15) is 9.59 Å². The predicted molar refractivity (Wildman–Crippen MR) is 104 cm³/mol. The second-order valence-electron chi connectivity index (χ2n) is 6.54. The van der Waals surface area contributed by atoms with E-state index in [-0.39, 0.29) is 11.1 Å². The minimum absolute atomic E-state index is 0.270. The number of ether oxygens (including phenoxy) is 2. The van der Waals surface area contributed by atoms with Gasteiger partial charge in [-0.05, 0) is 44.2 Å². The fourth-order valence-electron chi connectivity index (χ4n) is 3.04. The molecule has 0 amide bonds. The summed E-state index contributed by atoms with van der Waals surface area (Å²) in [5.41, 5.74) is 1.17. The van der Waals surface area contributed by atoms with Gasteiger partial charge >= 0.3 is 11.9 Å². The molecule has 0 spiro atoms. The van der Waals surface area contributed by atoms with Crippen LogP contribution >= 0.6 is 0 Å². The number of methoxy groups -OCH3 is 2. The molecular formula is C21H30N2O5+2. The minimum atomic E-state index is -0.522. The zero-order chi connectivity index (χ0) is 20.5. The number of hydrogen-bond donors (Lipinski definition) is 2. The number of likely N-dealkylation sites (N-methyl/N-ethyl adjacent to an activating group) is 1. The topological polar surface area (TPSA) is 86.8 Å². The van der Waals surface area contributed by atoms with Crippen molar-refractivity contribution < 1.29 is 33.7 Å². The van der Waals surface area contributed by atoms with E-state index in [1.165, 1.54) is 20.3 Å². The van der Waals surface area contributed by atoms with E-state index in [0.29, 0.717) is 11.3 Å². The molecule has 0 aliphatic heterocycles. The summed E-state index contributed by atoms with van der Waals surface area (Å²) in [6, 6.07) is 8.51. The zero-order valence-corrected chi connectivity index (χ0v) is 17.0. The maximum atomic E-state index is 11.9. The van der Waals surface area contributed by atoms with Gasteiger partial charge in [-0.25, -0.2) is 9.59 Å². The van der Waals surface area contributed by atoms with E-state index in [0.717, 1.165) is 38.5 Å². The summed E-state index contributed by atoms with van der Waals surface area (Å²) in [7, 11) is 2.60. The van der Waals surface area contributed by atoms with Crippen LogP contribution in [0, 0.1) is 0 Å². The van der Waals surface area contributed by atoms with Crippen molar-refractivity contribution in [1.29, 1.82) is 0 Å². The molecular weight excluding hydrogens is 360 g/mol. The molecule has 0 saturated carbocycles. The third kappa shape index (κ3) is 5.68. The standard InChI is InChI=1S/C21H28N2O5/c1-5-23(6-2)10-9-22-14-18-7-8-19(28-18)15-11-16(20(24)26-3)13-17(12-15)21(25)27-4/h7-8,11-13,22H,5-6,9-10,14H2,1-4H3/p+2. The highest BCUT2D eigenvalue weighted by molar-refractivity contribution is 5.97. The van der Waals surface area contributed by atoms with Crippen molar-refractivity contribution in [2.75, 3.05) is 40.4 Å². The first-order chi connectivity index (χ1) is 13.5. The molecule has 0 saturated heterocycles. The second kappa shape index (κ2) is 10.6. The average Bonchev–Trinajstić information content (AvgIpc) is 3.21. The number of nitrogens with two attached hydrogens (primary N) is 1. The highest BCUT2D eigenvalue weighted by Crippen LogP contribution is 2.25. The summed E-state index contributed by atoms with van der Waals surface area (Å²) < 4.78 is 15.5. The lowest BCUT2D eigenvalue weighted by Gasteiger charge is -2.13. The number of carbonyl (C=O) groups excluding carboxylic acids is 2. The molecule has 7 nitrogen and oxygen atoms in total. The van der Waals surface area contributed by atoms with Crippen LogP contribution in [0.25, 0.3) is 11.3 Å². The number of quaternary nitrogens is 2. The lowest BCUT2D eigenvalue weighted by atomic mass is 10.0. The highest BCUT2D eigenvalue weighted by atomic mass is 16.5. The molecule has 3 N–H and O–H groups in total. The van der Waals surface area contributed by atoms with Crippen LogP contribution < -0.4 is 10.2 Å². The van der Waals surface area contributed by atoms with Gasteiger partial charge in [0.25, 0.3) is 0 Å². The van der Waals surface area contributed by atoms with E-state index in [1.54, 1.807) is 17.0 Å². The Hall–Kier alpha value is -2.64. The largest absolute Gasteiger partial charge is 0.465 e. The summed E-state index contributed by atoms with van der Waals surface area (Å²) in [6.45, 7) is 9.54. The van der Waals surface area contributed by atoms with E-state index in [1.807, 2.05) is 12.1 Å². The molecule has 2 rings (SSSR count). The predicted octanol–water partition coefficient (Wildman–Crippen LogP) is 0.508. The minimum Gasteiger partial charge on any atom is -0.465 e. The van der Waals surface area contributed by atoms with Crippen LogP contribution in [0.4, 0.5) is 0 Å². The Morgan fingerprint density at radius 2 is 1.61 bits per heavy atom. The Kier molecular flexibility index (Phi) is 8.22. The first-order valence-electron chi connectivity index (χ1n) is 9.58. The van der Waals surface area contributed by atoms with Gasteiger partial charge in [0, 0.05) is 5.56 Å². The SMILES string of the molecule is CC[NH+](CC)CC[NH2+]Cc1ccc(-c2cc(C(=O)OC)cc(C(=O)OC)c2)o1. The summed E-state index contributed by atoms with van der Waals surface area (Å²) in [6.07, 6.45) is 0.